The Morgan fingerprint density at radius 1 is 0.974 bits per heavy atom. The van der Waals surface area contributed by atoms with E-state index in [2.05, 4.69) is 10.2 Å². The van der Waals surface area contributed by atoms with Crippen LogP contribution in [-0.4, -0.2) is 27.0 Å². The minimum atomic E-state index is -0.991. The Hall–Kier alpha value is -3.14. The highest BCUT2D eigenvalue weighted by Crippen LogP contribution is 2.44. The summed E-state index contributed by atoms with van der Waals surface area (Å²) in [6.07, 6.45) is 2.95. The van der Waals surface area contributed by atoms with Gasteiger partial charge in [0.2, 0.25) is 5.13 Å². The average molecular weight is 615 g/mol. The molecule has 0 saturated carbocycles. The van der Waals surface area contributed by atoms with Crippen molar-refractivity contribution < 1.29 is 14.7 Å². The van der Waals surface area contributed by atoms with Gasteiger partial charge >= 0.3 is 0 Å². The van der Waals surface area contributed by atoms with E-state index in [1.807, 2.05) is 54.6 Å². The summed E-state index contributed by atoms with van der Waals surface area (Å²) in [4.78, 5) is 28.0. The van der Waals surface area contributed by atoms with Crippen LogP contribution in [0.4, 0.5) is 5.13 Å². The van der Waals surface area contributed by atoms with E-state index in [0.717, 1.165) is 11.1 Å². The molecular weight excluding hydrogens is 597 g/mol. The summed E-state index contributed by atoms with van der Waals surface area (Å²) in [6, 6.07) is 20.5. The highest BCUT2D eigenvalue weighted by atomic mass is 35.5. The molecule has 5 rings (SSSR count). The molecule has 196 valence electrons. The monoisotopic (exact) mass is 613 g/mol. The smallest absolute Gasteiger partial charge is 0.296 e. The average Bonchev–Trinajstić information content (AvgIpc) is 3.51. The third kappa shape index (κ3) is 5.90. The molecule has 0 bridgehead atoms. The molecule has 1 aliphatic rings. The number of carbonyl (C=O) groups is 2. The van der Waals surface area contributed by atoms with Gasteiger partial charge < -0.3 is 5.11 Å². The van der Waals surface area contributed by atoms with Crippen molar-refractivity contribution in [3.63, 3.8) is 0 Å². The van der Waals surface area contributed by atoms with Gasteiger partial charge in [0.1, 0.15) is 0 Å². The van der Waals surface area contributed by atoms with Crippen molar-refractivity contribution >= 4 is 80.8 Å². The van der Waals surface area contributed by atoms with E-state index < -0.39 is 23.5 Å². The van der Waals surface area contributed by atoms with Crippen LogP contribution in [0.2, 0.25) is 15.1 Å². The Labute approximate surface area is 247 Å². The molecule has 3 aromatic carbocycles. The largest absolute Gasteiger partial charge is 0.503 e. The van der Waals surface area contributed by atoms with Gasteiger partial charge in [-0.15, -0.1) is 10.2 Å². The van der Waals surface area contributed by atoms with E-state index in [1.54, 1.807) is 24.3 Å². The molecule has 4 aromatic rings. The molecule has 11 heteroatoms. The summed E-state index contributed by atoms with van der Waals surface area (Å²) >= 11 is 21.3. The van der Waals surface area contributed by atoms with Crippen LogP contribution in [0.25, 0.3) is 6.08 Å². The molecule has 0 aliphatic carbocycles. The molecule has 1 aromatic heterocycles. The first kappa shape index (κ1) is 27.4. The number of halogens is 3. The summed E-state index contributed by atoms with van der Waals surface area (Å²) in [6.45, 7) is 0. The number of hydrogen-bond acceptors (Lipinski definition) is 7. The van der Waals surface area contributed by atoms with Gasteiger partial charge in [-0.1, -0.05) is 119 Å². The number of nitrogens with zero attached hydrogens (tertiary/aromatic N) is 3. The number of thioether (sulfide) groups is 1. The van der Waals surface area contributed by atoms with Gasteiger partial charge in [0.15, 0.2) is 15.9 Å². The molecular formula is C28H18Cl3N3O3S2. The molecule has 2 heterocycles. The summed E-state index contributed by atoms with van der Waals surface area (Å²) in [5, 5.41) is 20.8. The van der Waals surface area contributed by atoms with E-state index in [4.69, 9.17) is 34.8 Å². The first-order valence-electron chi connectivity index (χ1n) is 11.5. The Morgan fingerprint density at radius 3 is 2.46 bits per heavy atom. The van der Waals surface area contributed by atoms with E-state index in [0.29, 0.717) is 25.7 Å². The molecule has 6 nitrogen and oxygen atoms in total. The minimum absolute atomic E-state index is 0.0916. The first-order chi connectivity index (χ1) is 18.8. The van der Waals surface area contributed by atoms with E-state index >= 15 is 0 Å². The number of rotatable bonds is 8. The number of carbonyl (C=O) groups excluding carboxylic acids is 2. The van der Waals surface area contributed by atoms with Crippen molar-refractivity contribution in [1.29, 1.82) is 0 Å². The van der Waals surface area contributed by atoms with Crippen molar-refractivity contribution in [2.45, 2.75) is 16.1 Å². The fourth-order valence-electron chi connectivity index (χ4n) is 3.99. The van der Waals surface area contributed by atoms with Crippen molar-refractivity contribution in [2.24, 2.45) is 0 Å². The lowest BCUT2D eigenvalue weighted by molar-refractivity contribution is -0.117. The summed E-state index contributed by atoms with van der Waals surface area (Å²) in [7, 11) is 0. The van der Waals surface area contributed by atoms with Gasteiger partial charge in [0.05, 0.1) is 21.7 Å². The predicted octanol–water partition coefficient (Wildman–Crippen LogP) is 7.97. The number of anilines is 1. The van der Waals surface area contributed by atoms with Gasteiger partial charge in [-0.3, -0.25) is 14.5 Å². The quantitative estimate of drug-likeness (QED) is 0.123. The van der Waals surface area contributed by atoms with Crippen LogP contribution in [0.1, 0.15) is 22.7 Å². The molecule has 0 saturated heterocycles. The van der Waals surface area contributed by atoms with Crippen LogP contribution in [0.5, 0.6) is 0 Å². The second kappa shape index (κ2) is 11.9. The second-order valence-electron chi connectivity index (χ2n) is 8.35. The molecule has 1 N–H and O–H groups in total. The molecule has 0 fully saturated rings. The third-order valence-corrected chi connectivity index (χ3v) is 9.08. The normalized spacial score (nSPS) is 15.5. The van der Waals surface area contributed by atoms with Crippen LogP contribution in [0.3, 0.4) is 0 Å². The Kier molecular flexibility index (Phi) is 8.40. The zero-order valence-corrected chi connectivity index (χ0v) is 23.8. The Balaban J connectivity index is 1.48. The van der Waals surface area contributed by atoms with Crippen molar-refractivity contribution in [3.8, 4) is 0 Å². The number of aliphatic hydroxyl groups is 1. The predicted molar refractivity (Wildman–Crippen MR) is 158 cm³/mol. The molecule has 39 heavy (non-hydrogen) atoms. The maximum absolute atomic E-state index is 13.4. The summed E-state index contributed by atoms with van der Waals surface area (Å²) in [5.41, 5.74) is 2.12. The zero-order chi connectivity index (χ0) is 27.5. The molecule has 0 spiro atoms. The van der Waals surface area contributed by atoms with E-state index in [1.165, 1.54) is 34.1 Å². The first-order valence-corrected chi connectivity index (χ1v) is 14.5. The van der Waals surface area contributed by atoms with Crippen molar-refractivity contribution in [2.75, 3.05) is 4.90 Å². The topological polar surface area (TPSA) is 83.4 Å². The maximum atomic E-state index is 13.4. The van der Waals surface area contributed by atoms with Crippen LogP contribution >= 0.6 is 57.9 Å². The lowest BCUT2D eigenvalue weighted by Gasteiger charge is -2.24. The highest BCUT2D eigenvalue weighted by molar-refractivity contribution is 8.00. The maximum Gasteiger partial charge on any atom is 0.296 e. The second-order valence-corrected chi connectivity index (χ2v) is 11.8. The number of aliphatic hydroxyl groups excluding tert-OH is 1. The summed E-state index contributed by atoms with van der Waals surface area (Å²) in [5.74, 6) is -1.40. The van der Waals surface area contributed by atoms with Crippen LogP contribution in [0, 0.1) is 0 Å². The van der Waals surface area contributed by atoms with E-state index in [9.17, 15) is 14.7 Å². The third-order valence-electron chi connectivity index (χ3n) is 5.87. The van der Waals surface area contributed by atoms with Gasteiger partial charge in [0.25, 0.3) is 5.91 Å². The number of aromatic nitrogens is 2. The Bertz CT molecular complexity index is 1620. The van der Waals surface area contributed by atoms with E-state index in [-0.39, 0.29) is 15.7 Å². The standard InChI is InChI=1S/C28H18Cl3N3O3S2/c29-19-9-5-4-8-18(19)15-38-28-33-32-27(39-28)34-24(17-11-12-20(30)21(31)14-17)23(25(36)26(34)37)22(35)13-10-16-6-2-1-3-7-16/h1-14,24,36H,15H2. The molecule has 0 radical (unpaired) electrons. The highest BCUT2D eigenvalue weighted by Gasteiger charge is 2.45. The number of benzene rings is 3. The van der Waals surface area contributed by atoms with Gasteiger partial charge in [-0.2, -0.15) is 0 Å². The number of amides is 1. The lowest BCUT2D eigenvalue weighted by atomic mass is 9.96. The van der Waals surface area contributed by atoms with Gasteiger partial charge in [-0.25, -0.2) is 0 Å². The van der Waals surface area contributed by atoms with Gasteiger partial charge in [0, 0.05) is 10.8 Å². The number of allylic oxidation sites excluding steroid dienone is 1. The zero-order valence-electron chi connectivity index (χ0n) is 19.9. The van der Waals surface area contributed by atoms with Gasteiger partial charge in [-0.05, 0) is 41.0 Å². The number of hydrogen-bond donors (Lipinski definition) is 1. The summed E-state index contributed by atoms with van der Waals surface area (Å²) < 4.78 is 0.592. The number of ketones is 1. The van der Waals surface area contributed by atoms with Crippen molar-refractivity contribution in [3.05, 3.63) is 122 Å². The van der Waals surface area contributed by atoms with Crippen LogP contribution in [0.15, 0.2) is 94.5 Å². The minimum Gasteiger partial charge on any atom is -0.503 e. The Morgan fingerprint density at radius 2 is 1.72 bits per heavy atom. The fraction of sp³-hybridized carbons (Fsp3) is 0.0714. The molecule has 1 unspecified atom stereocenters. The van der Waals surface area contributed by atoms with Crippen LogP contribution < -0.4 is 4.90 Å². The fourth-order valence-corrected chi connectivity index (χ4v) is 6.45. The molecule has 1 aliphatic heterocycles. The molecule has 1 atom stereocenters. The SMILES string of the molecule is O=C(C=Cc1ccccc1)C1=C(O)C(=O)N(c2nnc(SCc3ccccc3Cl)s2)C1c1ccc(Cl)c(Cl)c1. The lowest BCUT2D eigenvalue weighted by Crippen LogP contribution is -2.30. The van der Waals surface area contributed by atoms with Crippen LogP contribution in [-0.2, 0) is 15.3 Å². The molecule has 1 amide bonds. The van der Waals surface area contributed by atoms with Crippen molar-refractivity contribution in [1.82, 2.24) is 10.2 Å².